The van der Waals surface area contributed by atoms with E-state index in [1.807, 2.05) is 18.2 Å². The predicted molar refractivity (Wildman–Crippen MR) is 68.5 cm³/mol. The van der Waals surface area contributed by atoms with Gasteiger partial charge in [-0.2, -0.15) is 5.26 Å². The van der Waals surface area contributed by atoms with Crippen LogP contribution in [0.2, 0.25) is 0 Å². The van der Waals surface area contributed by atoms with Crippen molar-refractivity contribution in [1.82, 2.24) is 0 Å². The van der Waals surface area contributed by atoms with Gasteiger partial charge in [-0.3, -0.25) is 0 Å². The average molecular weight is 326 g/mol. The number of benzene rings is 2. The van der Waals surface area contributed by atoms with Gasteiger partial charge < -0.3 is 5.73 Å². The Kier molecular flexibility index (Phi) is 2.68. The summed E-state index contributed by atoms with van der Waals surface area (Å²) in [4.78, 5) is 0. The molecule has 2 nitrogen and oxygen atoms in total. The number of hydrogen-bond donors (Lipinski definition) is 1. The minimum Gasteiger partial charge on any atom is -0.397 e. The van der Waals surface area contributed by atoms with E-state index in [2.05, 4.69) is 37.9 Å². The van der Waals surface area contributed by atoms with Gasteiger partial charge in [-0.05, 0) is 28.1 Å². The molecule has 0 saturated heterocycles. The van der Waals surface area contributed by atoms with Crippen LogP contribution in [-0.4, -0.2) is 0 Å². The molecule has 0 saturated carbocycles. The summed E-state index contributed by atoms with van der Waals surface area (Å²) in [6, 6.07) is 9.53. The third kappa shape index (κ3) is 1.62. The Balaban J connectivity index is 3.03. The Bertz CT molecular complexity index is 585. The number of nitrogens with two attached hydrogens (primary N) is 1. The maximum atomic E-state index is 9.00. The first-order chi connectivity index (χ1) is 7.15. The Labute approximate surface area is 104 Å². The van der Waals surface area contributed by atoms with Gasteiger partial charge in [0.1, 0.15) is 0 Å². The highest BCUT2D eigenvalue weighted by molar-refractivity contribution is 9.11. The molecule has 0 aliphatic heterocycles. The van der Waals surface area contributed by atoms with E-state index in [4.69, 9.17) is 11.0 Å². The molecule has 0 aromatic heterocycles. The summed E-state index contributed by atoms with van der Waals surface area (Å²) in [6.45, 7) is 0. The largest absolute Gasteiger partial charge is 0.397 e. The van der Waals surface area contributed by atoms with Gasteiger partial charge in [0.2, 0.25) is 0 Å². The Morgan fingerprint density at radius 3 is 2.60 bits per heavy atom. The van der Waals surface area contributed by atoms with Crippen LogP contribution in [0, 0.1) is 11.3 Å². The lowest BCUT2D eigenvalue weighted by Gasteiger charge is -2.07. The molecule has 4 heteroatoms. The molecule has 0 heterocycles. The molecular formula is C11H6Br2N2. The second-order valence-electron chi connectivity index (χ2n) is 3.09. The van der Waals surface area contributed by atoms with Crippen molar-refractivity contribution in [2.75, 3.05) is 5.73 Å². The van der Waals surface area contributed by atoms with Gasteiger partial charge in [0, 0.05) is 19.7 Å². The van der Waals surface area contributed by atoms with E-state index in [-0.39, 0.29) is 0 Å². The molecule has 0 atom stereocenters. The molecule has 2 N–H and O–H groups in total. The molecule has 0 amide bonds. The normalized spacial score (nSPS) is 10.2. The monoisotopic (exact) mass is 324 g/mol. The van der Waals surface area contributed by atoms with Crippen molar-refractivity contribution in [3.63, 3.8) is 0 Å². The Morgan fingerprint density at radius 1 is 1.20 bits per heavy atom. The van der Waals surface area contributed by atoms with E-state index < -0.39 is 0 Å². The third-order valence-corrected chi connectivity index (χ3v) is 3.51. The van der Waals surface area contributed by atoms with Gasteiger partial charge in [-0.1, -0.05) is 28.1 Å². The molecule has 0 aliphatic carbocycles. The number of nitriles is 1. The van der Waals surface area contributed by atoms with E-state index in [9.17, 15) is 0 Å². The van der Waals surface area contributed by atoms with Crippen molar-refractivity contribution in [3.8, 4) is 6.07 Å². The Hall–Kier alpha value is -1.05. The van der Waals surface area contributed by atoms with Gasteiger partial charge in [-0.15, -0.1) is 0 Å². The predicted octanol–water partition coefficient (Wildman–Crippen LogP) is 3.82. The quantitative estimate of drug-likeness (QED) is 0.748. The van der Waals surface area contributed by atoms with Gasteiger partial charge in [0.05, 0.1) is 17.3 Å². The summed E-state index contributed by atoms with van der Waals surface area (Å²) in [6.07, 6.45) is 0. The van der Waals surface area contributed by atoms with Crippen LogP contribution in [0.4, 0.5) is 5.69 Å². The Morgan fingerprint density at radius 2 is 1.93 bits per heavy atom. The molecule has 2 aromatic carbocycles. The summed E-state index contributed by atoms with van der Waals surface area (Å²) in [5.74, 6) is 0. The molecule has 0 unspecified atom stereocenters. The van der Waals surface area contributed by atoms with Crippen molar-refractivity contribution < 1.29 is 0 Å². The molecule has 2 rings (SSSR count). The summed E-state index contributed by atoms with van der Waals surface area (Å²) in [7, 11) is 0. The van der Waals surface area contributed by atoms with E-state index in [1.54, 1.807) is 6.07 Å². The van der Waals surface area contributed by atoms with Crippen molar-refractivity contribution in [2.24, 2.45) is 0 Å². The zero-order valence-electron chi connectivity index (χ0n) is 7.59. The first-order valence-electron chi connectivity index (χ1n) is 4.21. The highest BCUT2D eigenvalue weighted by Gasteiger charge is 2.09. The molecule has 15 heavy (non-hydrogen) atoms. The number of hydrogen-bond acceptors (Lipinski definition) is 2. The number of nitrogens with zero attached hydrogens (tertiary/aromatic N) is 1. The molecule has 2 aromatic rings. The van der Waals surface area contributed by atoms with Crippen LogP contribution in [0.1, 0.15) is 5.56 Å². The molecule has 0 spiro atoms. The molecule has 0 fully saturated rings. The van der Waals surface area contributed by atoms with Gasteiger partial charge in [0.25, 0.3) is 0 Å². The SMILES string of the molecule is N#Cc1cccc2c(N)c(Br)cc(Br)c12. The third-order valence-electron chi connectivity index (χ3n) is 2.22. The van der Waals surface area contributed by atoms with E-state index in [1.165, 1.54) is 0 Å². The number of fused-ring (bicyclic) bond motifs is 1. The first-order valence-corrected chi connectivity index (χ1v) is 5.80. The first kappa shape index (κ1) is 10.5. The molecular weight excluding hydrogens is 320 g/mol. The van der Waals surface area contributed by atoms with Crippen LogP contribution in [0.5, 0.6) is 0 Å². The number of halogens is 2. The second kappa shape index (κ2) is 3.84. The van der Waals surface area contributed by atoms with Crippen LogP contribution in [-0.2, 0) is 0 Å². The molecule has 0 bridgehead atoms. The smallest absolute Gasteiger partial charge is 0.0998 e. The van der Waals surface area contributed by atoms with Crippen molar-refractivity contribution in [3.05, 3.63) is 38.8 Å². The average Bonchev–Trinajstić information content (AvgIpc) is 2.25. The highest BCUT2D eigenvalue weighted by Crippen LogP contribution is 2.36. The van der Waals surface area contributed by atoms with Crippen LogP contribution in [0.25, 0.3) is 10.8 Å². The highest BCUT2D eigenvalue weighted by atomic mass is 79.9. The lowest BCUT2D eigenvalue weighted by Crippen LogP contribution is -1.91. The fraction of sp³-hybridized carbons (Fsp3) is 0. The number of anilines is 1. The summed E-state index contributed by atoms with van der Waals surface area (Å²) in [5.41, 5.74) is 7.21. The zero-order valence-corrected chi connectivity index (χ0v) is 10.8. The van der Waals surface area contributed by atoms with Crippen LogP contribution >= 0.6 is 31.9 Å². The lowest BCUT2D eigenvalue weighted by molar-refractivity contribution is 1.50. The topological polar surface area (TPSA) is 49.8 Å². The standard InChI is InChI=1S/C11H6Br2N2/c12-8-4-9(13)11(15)7-3-1-2-6(5-14)10(7)8/h1-4H,15H2. The number of nitrogen functional groups attached to an aromatic ring is 1. The van der Waals surface area contributed by atoms with E-state index in [0.29, 0.717) is 11.3 Å². The molecule has 0 radical (unpaired) electrons. The van der Waals surface area contributed by atoms with Crippen LogP contribution in [0.3, 0.4) is 0 Å². The van der Waals surface area contributed by atoms with Gasteiger partial charge in [0.15, 0.2) is 0 Å². The maximum Gasteiger partial charge on any atom is 0.0998 e. The van der Waals surface area contributed by atoms with E-state index in [0.717, 1.165) is 19.7 Å². The summed E-state index contributed by atoms with van der Waals surface area (Å²) in [5, 5.41) is 10.7. The molecule has 0 aliphatic rings. The van der Waals surface area contributed by atoms with E-state index >= 15 is 0 Å². The van der Waals surface area contributed by atoms with Crippen molar-refractivity contribution >= 4 is 48.3 Å². The van der Waals surface area contributed by atoms with Gasteiger partial charge in [-0.25, -0.2) is 0 Å². The van der Waals surface area contributed by atoms with Crippen molar-refractivity contribution in [1.29, 1.82) is 5.26 Å². The zero-order chi connectivity index (χ0) is 11.0. The fourth-order valence-electron chi connectivity index (χ4n) is 1.52. The molecule has 74 valence electrons. The van der Waals surface area contributed by atoms with Crippen molar-refractivity contribution in [2.45, 2.75) is 0 Å². The summed E-state index contributed by atoms with van der Waals surface area (Å²) < 4.78 is 1.70. The summed E-state index contributed by atoms with van der Waals surface area (Å²) >= 11 is 6.81. The number of rotatable bonds is 0. The van der Waals surface area contributed by atoms with Gasteiger partial charge >= 0.3 is 0 Å². The second-order valence-corrected chi connectivity index (χ2v) is 4.80. The maximum absolute atomic E-state index is 9.00. The lowest BCUT2D eigenvalue weighted by atomic mass is 10.0. The van der Waals surface area contributed by atoms with Crippen LogP contribution in [0.15, 0.2) is 33.2 Å². The minimum atomic E-state index is 0.624. The van der Waals surface area contributed by atoms with Crippen LogP contribution < -0.4 is 5.73 Å². The fourth-order valence-corrected chi connectivity index (χ4v) is 2.92. The minimum absolute atomic E-state index is 0.624.